The largest absolute Gasteiger partial charge is 0.324 e. The molecule has 176 valence electrons. The Hall–Kier alpha value is -4.10. The highest BCUT2D eigenvalue weighted by Crippen LogP contribution is 2.45. The molecule has 0 unspecified atom stereocenters. The summed E-state index contributed by atoms with van der Waals surface area (Å²) in [4.78, 5) is 31.5. The molecule has 4 heterocycles. The summed E-state index contributed by atoms with van der Waals surface area (Å²) in [5.74, 6) is 1.37. The highest BCUT2D eigenvalue weighted by atomic mass is 16.1. The average molecular weight is 468 g/mol. The quantitative estimate of drug-likeness (QED) is 0.459. The van der Waals surface area contributed by atoms with E-state index in [1.54, 1.807) is 27.8 Å². The number of nitriles is 1. The lowest BCUT2D eigenvalue weighted by Crippen LogP contribution is -2.25. The maximum absolute atomic E-state index is 13.3. The Balaban J connectivity index is 1.46. The van der Waals surface area contributed by atoms with E-state index < -0.39 is 5.41 Å². The molecule has 3 aromatic heterocycles. The summed E-state index contributed by atoms with van der Waals surface area (Å²) in [7, 11) is 0. The standard InChI is InChI=1S/C25H25N9O/c1-15(2)33-22(35)19-13-29-24(30-18-4-3-16-5-9-27-12-17(16)11-18)32-21(19)34(33)20-6-10-28-23(31-20)25(14-26)7-8-25/h3-4,6,10-11,13,15,27H,5,7-9,12H2,1-2H3,(H,29,30,32). The number of nitrogens with zero attached hydrogens (tertiary/aromatic N) is 7. The highest BCUT2D eigenvalue weighted by molar-refractivity contribution is 5.77. The summed E-state index contributed by atoms with van der Waals surface area (Å²) in [6.45, 7) is 5.69. The first-order chi connectivity index (χ1) is 17.0. The SMILES string of the molecule is CC(C)n1c(=O)c2cnc(Nc3ccc4c(c3)CNCC4)nc2n1-c1ccnc(C2(C#N)CC2)n1. The second kappa shape index (κ2) is 7.99. The molecule has 0 radical (unpaired) electrons. The van der Waals surface area contributed by atoms with E-state index in [2.05, 4.69) is 38.8 Å². The van der Waals surface area contributed by atoms with E-state index >= 15 is 0 Å². The van der Waals surface area contributed by atoms with Crippen molar-refractivity contribution in [3.05, 3.63) is 64.0 Å². The van der Waals surface area contributed by atoms with Crippen molar-refractivity contribution in [1.29, 1.82) is 5.26 Å². The van der Waals surface area contributed by atoms with Gasteiger partial charge in [-0.25, -0.2) is 24.3 Å². The Kier molecular flexibility index (Phi) is 4.89. The van der Waals surface area contributed by atoms with Crippen LogP contribution in [0.1, 0.15) is 49.7 Å². The van der Waals surface area contributed by atoms with Crippen LogP contribution in [0.4, 0.5) is 11.6 Å². The lowest BCUT2D eigenvalue weighted by Gasteiger charge is -2.18. The molecular formula is C25H25N9O. The monoisotopic (exact) mass is 467 g/mol. The highest BCUT2D eigenvalue weighted by Gasteiger charge is 2.48. The number of anilines is 2. The molecule has 0 spiro atoms. The molecule has 0 amide bonds. The Morgan fingerprint density at radius 1 is 1.17 bits per heavy atom. The van der Waals surface area contributed by atoms with Gasteiger partial charge in [-0.05, 0) is 62.9 Å². The molecule has 35 heavy (non-hydrogen) atoms. The Morgan fingerprint density at radius 2 is 2.03 bits per heavy atom. The van der Waals surface area contributed by atoms with Gasteiger partial charge in [-0.2, -0.15) is 10.2 Å². The molecule has 1 aliphatic carbocycles. The molecule has 2 aliphatic rings. The molecule has 2 N–H and O–H groups in total. The number of hydrogen-bond donors (Lipinski definition) is 2. The van der Waals surface area contributed by atoms with Gasteiger partial charge in [0.05, 0.1) is 6.07 Å². The Bertz CT molecular complexity index is 1560. The Morgan fingerprint density at radius 3 is 2.80 bits per heavy atom. The number of rotatable bonds is 5. The van der Waals surface area contributed by atoms with Gasteiger partial charge >= 0.3 is 0 Å². The third kappa shape index (κ3) is 3.56. The van der Waals surface area contributed by atoms with Gasteiger partial charge in [0, 0.05) is 36.7 Å². The summed E-state index contributed by atoms with van der Waals surface area (Å²) < 4.78 is 3.33. The minimum absolute atomic E-state index is 0.148. The number of hydrogen-bond acceptors (Lipinski definition) is 8. The van der Waals surface area contributed by atoms with Gasteiger partial charge in [-0.15, -0.1) is 0 Å². The van der Waals surface area contributed by atoms with E-state index in [-0.39, 0.29) is 11.6 Å². The maximum Gasteiger partial charge on any atom is 0.278 e. The number of aromatic nitrogens is 6. The average Bonchev–Trinajstić information content (AvgIpc) is 3.62. The van der Waals surface area contributed by atoms with Crippen LogP contribution in [0, 0.1) is 11.3 Å². The Labute approximate surface area is 201 Å². The summed E-state index contributed by atoms with van der Waals surface area (Å²) in [5.41, 5.74) is 3.11. The fourth-order valence-electron chi connectivity index (χ4n) is 4.64. The minimum Gasteiger partial charge on any atom is -0.324 e. The third-order valence-electron chi connectivity index (χ3n) is 6.71. The van der Waals surface area contributed by atoms with E-state index in [0.717, 1.165) is 38.0 Å². The molecule has 6 rings (SSSR count). The van der Waals surface area contributed by atoms with Crippen molar-refractivity contribution in [3.63, 3.8) is 0 Å². The number of benzene rings is 1. The normalized spacial score (nSPS) is 16.2. The first kappa shape index (κ1) is 21.4. The molecule has 1 saturated carbocycles. The molecule has 10 heteroatoms. The van der Waals surface area contributed by atoms with Crippen molar-refractivity contribution in [2.75, 3.05) is 11.9 Å². The first-order valence-electron chi connectivity index (χ1n) is 11.8. The molecule has 0 bridgehead atoms. The van der Waals surface area contributed by atoms with Gasteiger partial charge in [0.1, 0.15) is 10.8 Å². The topological polar surface area (TPSA) is 126 Å². The van der Waals surface area contributed by atoms with Crippen LogP contribution in [0.25, 0.3) is 16.9 Å². The number of nitrogens with one attached hydrogen (secondary N) is 2. The van der Waals surface area contributed by atoms with Crippen LogP contribution < -0.4 is 16.2 Å². The summed E-state index contributed by atoms with van der Waals surface area (Å²) in [5, 5.41) is 16.7. The summed E-state index contributed by atoms with van der Waals surface area (Å²) >= 11 is 0. The molecular weight excluding hydrogens is 442 g/mol. The predicted molar refractivity (Wildman–Crippen MR) is 131 cm³/mol. The molecule has 0 saturated heterocycles. The van der Waals surface area contributed by atoms with Gasteiger partial charge in [-0.1, -0.05) is 6.07 Å². The fraction of sp³-hybridized carbons (Fsp3) is 0.360. The van der Waals surface area contributed by atoms with Crippen molar-refractivity contribution >= 4 is 22.7 Å². The van der Waals surface area contributed by atoms with Crippen LogP contribution in [-0.2, 0) is 18.4 Å². The first-order valence-corrected chi connectivity index (χ1v) is 11.8. The van der Waals surface area contributed by atoms with Gasteiger partial charge < -0.3 is 10.6 Å². The van der Waals surface area contributed by atoms with Gasteiger partial charge in [0.2, 0.25) is 5.95 Å². The zero-order valence-corrected chi connectivity index (χ0v) is 19.6. The van der Waals surface area contributed by atoms with E-state index in [0.29, 0.717) is 28.6 Å². The second-order valence-electron chi connectivity index (χ2n) is 9.45. The van der Waals surface area contributed by atoms with Crippen LogP contribution in [0.2, 0.25) is 0 Å². The van der Waals surface area contributed by atoms with Gasteiger partial charge in [0.25, 0.3) is 5.56 Å². The molecule has 1 fully saturated rings. The summed E-state index contributed by atoms with van der Waals surface area (Å²) in [6.07, 6.45) is 5.69. The molecule has 10 nitrogen and oxygen atoms in total. The van der Waals surface area contributed by atoms with E-state index in [1.807, 2.05) is 19.9 Å². The molecule has 1 aliphatic heterocycles. The van der Waals surface area contributed by atoms with Crippen molar-refractivity contribution in [3.8, 4) is 11.9 Å². The van der Waals surface area contributed by atoms with Crippen LogP contribution in [0.15, 0.2) is 41.5 Å². The molecule has 1 aromatic carbocycles. The van der Waals surface area contributed by atoms with E-state index in [1.165, 1.54) is 11.1 Å². The van der Waals surface area contributed by atoms with Crippen LogP contribution in [0.3, 0.4) is 0 Å². The fourth-order valence-corrected chi connectivity index (χ4v) is 4.64. The molecule has 4 aromatic rings. The predicted octanol–water partition coefficient (Wildman–Crippen LogP) is 2.90. The van der Waals surface area contributed by atoms with Gasteiger partial charge in [0.15, 0.2) is 17.3 Å². The summed E-state index contributed by atoms with van der Waals surface area (Å²) in [6, 6.07) is 10.2. The lowest BCUT2D eigenvalue weighted by atomic mass is 10.0. The maximum atomic E-state index is 13.3. The molecule has 0 atom stereocenters. The van der Waals surface area contributed by atoms with Crippen molar-refractivity contribution < 1.29 is 0 Å². The van der Waals surface area contributed by atoms with Crippen LogP contribution >= 0.6 is 0 Å². The van der Waals surface area contributed by atoms with Crippen molar-refractivity contribution in [2.45, 2.75) is 51.1 Å². The van der Waals surface area contributed by atoms with Gasteiger partial charge in [-0.3, -0.25) is 4.79 Å². The minimum atomic E-state index is -0.634. The van der Waals surface area contributed by atoms with Crippen molar-refractivity contribution in [2.24, 2.45) is 0 Å². The van der Waals surface area contributed by atoms with Crippen LogP contribution in [-0.4, -0.2) is 35.8 Å². The van der Waals surface area contributed by atoms with Crippen LogP contribution in [0.5, 0.6) is 0 Å². The number of fused-ring (bicyclic) bond motifs is 2. The third-order valence-corrected chi connectivity index (χ3v) is 6.71. The smallest absolute Gasteiger partial charge is 0.278 e. The lowest BCUT2D eigenvalue weighted by molar-refractivity contribution is 0.470. The zero-order chi connectivity index (χ0) is 24.2. The van der Waals surface area contributed by atoms with Crippen molar-refractivity contribution in [1.82, 2.24) is 34.6 Å². The zero-order valence-electron chi connectivity index (χ0n) is 19.6. The van der Waals surface area contributed by atoms with E-state index in [4.69, 9.17) is 9.97 Å². The second-order valence-corrected chi connectivity index (χ2v) is 9.45. The van der Waals surface area contributed by atoms with E-state index in [9.17, 15) is 10.1 Å².